The Bertz CT molecular complexity index is 311. The van der Waals surface area contributed by atoms with Gasteiger partial charge in [-0.1, -0.05) is 0 Å². The fraction of sp³-hybridized carbons (Fsp3) is 0.727. The highest BCUT2D eigenvalue weighted by atomic mass is 35.5. The van der Waals surface area contributed by atoms with Crippen LogP contribution in [0.5, 0.6) is 0 Å². The molecule has 1 saturated heterocycles. The van der Waals surface area contributed by atoms with Crippen LogP contribution in [0.3, 0.4) is 0 Å². The molecule has 84 valence electrons. The Morgan fingerprint density at radius 2 is 2.33 bits per heavy atom. The average molecular weight is 228 g/mol. The third-order valence-corrected chi connectivity index (χ3v) is 3.58. The first-order chi connectivity index (χ1) is 7.31. The second-order valence-electron chi connectivity index (χ2n) is 4.28. The van der Waals surface area contributed by atoms with Crippen LogP contribution in [0.15, 0.2) is 12.4 Å². The summed E-state index contributed by atoms with van der Waals surface area (Å²) in [5, 5.41) is 0. The maximum atomic E-state index is 5.92. The van der Waals surface area contributed by atoms with Gasteiger partial charge in [0.2, 0.25) is 5.95 Å². The Morgan fingerprint density at radius 3 is 3.00 bits per heavy atom. The molecule has 1 unspecified atom stereocenters. The van der Waals surface area contributed by atoms with Crippen LogP contribution in [0.4, 0.5) is 5.95 Å². The van der Waals surface area contributed by atoms with Gasteiger partial charge in [-0.3, -0.25) is 0 Å². The van der Waals surface area contributed by atoms with Crippen molar-refractivity contribution in [3.63, 3.8) is 0 Å². The van der Waals surface area contributed by atoms with Gasteiger partial charge in [0.1, 0.15) is 0 Å². The molecule has 15 heavy (non-hydrogen) atoms. The van der Waals surface area contributed by atoms with Crippen molar-refractivity contribution < 1.29 is 0 Å². The van der Waals surface area contributed by atoms with Gasteiger partial charge < -0.3 is 9.47 Å². The van der Waals surface area contributed by atoms with Crippen LogP contribution in [-0.4, -0.2) is 28.5 Å². The zero-order valence-corrected chi connectivity index (χ0v) is 9.95. The van der Waals surface area contributed by atoms with Crippen molar-refractivity contribution in [1.82, 2.24) is 9.55 Å². The van der Waals surface area contributed by atoms with Gasteiger partial charge in [-0.25, -0.2) is 4.98 Å². The monoisotopic (exact) mass is 227 g/mol. The number of aryl methyl sites for hydroxylation is 1. The summed E-state index contributed by atoms with van der Waals surface area (Å²) in [6.07, 6.45) is 7.53. The topological polar surface area (TPSA) is 21.1 Å². The SMILES string of the molecule is Cn1ccnc1N1CCCC(CCl)CC1. The molecule has 0 amide bonds. The van der Waals surface area contributed by atoms with E-state index in [0.717, 1.165) is 24.9 Å². The van der Waals surface area contributed by atoms with Crippen molar-refractivity contribution in [2.45, 2.75) is 19.3 Å². The Morgan fingerprint density at radius 1 is 1.47 bits per heavy atom. The summed E-state index contributed by atoms with van der Waals surface area (Å²) in [4.78, 5) is 6.76. The highest BCUT2D eigenvalue weighted by molar-refractivity contribution is 6.18. The smallest absolute Gasteiger partial charge is 0.205 e. The lowest BCUT2D eigenvalue weighted by atomic mass is 10.0. The Kier molecular flexibility index (Phi) is 3.52. The van der Waals surface area contributed by atoms with Gasteiger partial charge in [-0.2, -0.15) is 0 Å². The van der Waals surface area contributed by atoms with Crippen LogP contribution in [0.1, 0.15) is 19.3 Å². The largest absolute Gasteiger partial charge is 0.342 e. The van der Waals surface area contributed by atoms with E-state index in [4.69, 9.17) is 11.6 Å². The van der Waals surface area contributed by atoms with Gasteiger partial charge in [0.25, 0.3) is 0 Å². The van der Waals surface area contributed by atoms with Crippen LogP contribution in [-0.2, 0) is 7.05 Å². The second kappa shape index (κ2) is 4.88. The number of anilines is 1. The molecule has 0 spiro atoms. The lowest BCUT2D eigenvalue weighted by Crippen LogP contribution is -2.27. The molecule has 4 heteroatoms. The first-order valence-corrected chi connectivity index (χ1v) is 6.13. The quantitative estimate of drug-likeness (QED) is 0.723. The van der Waals surface area contributed by atoms with Crippen molar-refractivity contribution in [2.24, 2.45) is 13.0 Å². The number of aromatic nitrogens is 2. The molecular weight excluding hydrogens is 210 g/mol. The van der Waals surface area contributed by atoms with Crippen molar-refractivity contribution >= 4 is 17.5 Å². The molecular formula is C11H18ClN3. The molecule has 2 heterocycles. The van der Waals surface area contributed by atoms with E-state index in [-0.39, 0.29) is 0 Å². The number of hydrogen-bond acceptors (Lipinski definition) is 2. The summed E-state index contributed by atoms with van der Waals surface area (Å²) in [5.41, 5.74) is 0. The minimum Gasteiger partial charge on any atom is -0.342 e. The second-order valence-corrected chi connectivity index (χ2v) is 4.59. The van der Waals surface area contributed by atoms with Crippen molar-refractivity contribution in [1.29, 1.82) is 0 Å². The molecule has 0 aromatic carbocycles. The maximum absolute atomic E-state index is 5.92. The normalized spacial score (nSPS) is 22.8. The summed E-state index contributed by atoms with van der Waals surface area (Å²) < 4.78 is 2.08. The highest BCUT2D eigenvalue weighted by Gasteiger charge is 2.18. The van der Waals surface area contributed by atoms with E-state index >= 15 is 0 Å². The number of rotatable bonds is 2. The molecule has 1 aliphatic heterocycles. The summed E-state index contributed by atoms with van der Waals surface area (Å²) in [7, 11) is 2.05. The van der Waals surface area contributed by atoms with Crippen LogP contribution in [0.2, 0.25) is 0 Å². The van der Waals surface area contributed by atoms with Gasteiger partial charge in [-0.15, -0.1) is 11.6 Å². The van der Waals surface area contributed by atoms with E-state index in [1.807, 2.05) is 19.4 Å². The summed E-state index contributed by atoms with van der Waals surface area (Å²) >= 11 is 5.92. The lowest BCUT2D eigenvalue weighted by Gasteiger charge is -2.21. The van der Waals surface area contributed by atoms with Crippen LogP contribution >= 0.6 is 11.6 Å². The Labute approximate surface area is 96.0 Å². The van der Waals surface area contributed by atoms with Gasteiger partial charge in [0.15, 0.2) is 0 Å². The molecule has 0 saturated carbocycles. The minimum absolute atomic E-state index is 0.692. The fourth-order valence-corrected chi connectivity index (χ4v) is 2.49. The first-order valence-electron chi connectivity index (χ1n) is 5.59. The fourth-order valence-electron chi connectivity index (χ4n) is 2.18. The minimum atomic E-state index is 0.692. The first kappa shape index (κ1) is 10.8. The summed E-state index contributed by atoms with van der Waals surface area (Å²) in [6, 6.07) is 0. The van der Waals surface area contributed by atoms with Crippen molar-refractivity contribution in [3.8, 4) is 0 Å². The zero-order chi connectivity index (χ0) is 10.7. The maximum Gasteiger partial charge on any atom is 0.205 e. The molecule has 0 bridgehead atoms. The zero-order valence-electron chi connectivity index (χ0n) is 9.19. The van der Waals surface area contributed by atoms with Gasteiger partial charge in [-0.05, 0) is 25.2 Å². The molecule has 1 aromatic heterocycles. The van der Waals surface area contributed by atoms with Crippen LogP contribution < -0.4 is 4.90 Å². The predicted octanol–water partition coefficient (Wildman–Crippen LogP) is 2.27. The molecule has 1 atom stereocenters. The molecule has 0 aliphatic carbocycles. The van der Waals surface area contributed by atoms with Crippen molar-refractivity contribution in [2.75, 3.05) is 23.9 Å². The Balaban J connectivity index is 2.02. The standard InChI is InChI=1S/C11H18ClN3/c1-14-8-5-13-11(14)15-6-2-3-10(9-12)4-7-15/h5,8,10H,2-4,6-7,9H2,1H3. The Hall–Kier alpha value is -0.700. The van der Waals surface area contributed by atoms with E-state index in [9.17, 15) is 0 Å². The predicted molar refractivity (Wildman–Crippen MR) is 63.5 cm³/mol. The van der Waals surface area contributed by atoms with Crippen LogP contribution in [0.25, 0.3) is 0 Å². The van der Waals surface area contributed by atoms with E-state index in [2.05, 4.69) is 14.5 Å². The third kappa shape index (κ3) is 2.46. The average Bonchev–Trinajstić information content (AvgIpc) is 2.54. The molecule has 1 aliphatic rings. The molecule has 2 rings (SSSR count). The highest BCUT2D eigenvalue weighted by Crippen LogP contribution is 2.21. The van der Waals surface area contributed by atoms with Gasteiger partial charge in [0.05, 0.1) is 0 Å². The number of hydrogen-bond donors (Lipinski definition) is 0. The van der Waals surface area contributed by atoms with E-state index in [1.54, 1.807) is 0 Å². The lowest BCUT2D eigenvalue weighted by molar-refractivity contribution is 0.526. The number of halogens is 1. The molecule has 0 N–H and O–H groups in total. The van der Waals surface area contributed by atoms with E-state index < -0.39 is 0 Å². The van der Waals surface area contributed by atoms with E-state index in [1.165, 1.54) is 19.3 Å². The number of alkyl halides is 1. The van der Waals surface area contributed by atoms with Gasteiger partial charge in [0, 0.05) is 38.4 Å². The third-order valence-electron chi connectivity index (χ3n) is 3.14. The molecule has 0 radical (unpaired) electrons. The van der Waals surface area contributed by atoms with E-state index in [0.29, 0.717) is 5.92 Å². The molecule has 1 fully saturated rings. The summed E-state index contributed by atoms with van der Waals surface area (Å²) in [5.74, 6) is 2.58. The number of nitrogens with zero attached hydrogens (tertiary/aromatic N) is 3. The van der Waals surface area contributed by atoms with Gasteiger partial charge >= 0.3 is 0 Å². The molecule has 3 nitrogen and oxygen atoms in total. The number of imidazole rings is 1. The molecule has 1 aromatic rings. The van der Waals surface area contributed by atoms with Crippen LogP contribution in [0, 0.1) is 5.92 Å². The summed E-state index contributed by atoms with van der Waals surface area (Å²) in [6.45, 7) is 2.19. The van der Waals surface area contributed by atoms with Crippen molar-refractivity contribution in [3.05, 3.63) is 12.4 Å².